The molecule has 2 saturated heterocycles. The fourth-order valence-corrected chi connectivity index (χ4v) is 7.03. The molecule has 2 aliphatic rings. The Labute approximate surface area is 299 Å². The first-order valence-electron chi connectivity index (χ1n) is 17.3. The lowest BCUT2D eigenvalue weighted by Crippen LogP contribution is -2.51. The number of nitrogens with zero attached hydrogens (tertiary/aromatic N) is 3. The van der Waals surface area contributed by atoms with Crippen LogP contribution in [-0.2, 0) is 40.1 Å². The van der Waals surface area contributed by atoms with Crippen molar-refractivity contribution in [3.05, 3.63) is 142 Å². The summed E-state index contributed by atoms with van der Waals surface area (Å²) in [4.78, 5) is 32.0. The number of nitriles is 1. The number of benzene rings is 4. The third-order valence-electron chi connectivity index (χ3n) is 9.21. The van der Waals surface area contributed by atoms with Crippen LogP contribution in [0.5, 0.6) is 0 Å². The van der Waals surface area contributed by atoms with Crippen LogP contribution in [0.4, 0.5) is 9.18 Å². The topological polar surface area (TPSA) is 92.1 Å². The number of rotatable bonds is 9. The predicted molar refractivity (Wildman–Crippen MR) is 191 cm³/mol. The van der Waals surface area contributed by atoms with Crippen molar-refractivity contribution in [2.45, 2.75) is 96.2 Å². The van der Waals surface area contributed by atoms with Crippen molar-refractivity contribution < 1.29 is 28.2 Å². The Morgan fingerprint density at radius 3 is 1.80 bits per heavy atom. The van der Waals surface area contributed by atoms with Crippen LogP contribution in [0.1, 0.15) is 72.8 Å². The van der Waals surface area contributed by atoms with Gasteiger partial charge in [-0.3, -0.25) is 0 Å². The fourth-order valence-electron chi connectivity index (χ4n) is 7.03. The Morgan fingerprint density at radius 2 is 1.29 bits per heavy atom. The number of esters is 1. The molecule has 8 nitrogen and oxygen atoms in total. The van der Waals surface area contributed by atoms with Crippen molar-refractivity contribution in [1.82, 2.24) is 9.80 Å². The minimum Gasteiger partial charge on any atom is -0.456 e. The lowest BCUT2D eigenvalue weighted by molar-refractivity contribution is -0.157. The number of halogens is 1. The van der Waals surface area contributed by atoms with Gasteiger partial charge in [0.1, 0.15) is 29.7 Å². The van der Waals surface area contributed by atoms with Crippen LogP contribution in [0.3, 0.4) is 0 Å². The standard InChI is InChI=1S/C42H44FN3O5/c1-41(2,3)51-39(47)32-18-12-17-30(21-32)26-45-35(23-28-13-8-6-9-14-28)37-38(50-42(4,5)49-37)36(24-29-15-10-7-11-16-29)46(40(45)48)27-31-19-20-34(43)33(22-31)25-44/h6-22,35-38H,23-24,26-27H2,1-5H3/t35-,36-,37+,38+/m1/s1. The summed E-state index contributed by atoms with van der Waals surface area (Å²) in [6, 6.07) is 32.1. The smallest absolute Gasteiger partial charge is 0.338 e. The molecule has 4 aromatic carbocycles. The highest BCUT2D eigenvalue weighted by Gasteiger charge is 2.55. The van der Waals surface area contributed by atoms with Gasteiger partial charge in [0.25, 0.3) is 0 Å². The van der Waals surface area contributed by atoms with E-state index in [2.05, 4.69) is 0 Å². The van der Waals surface area contributed by atoms with E-state index in [1.165, 1.54) is 12.1 Å². The molecule has 6 rings (SSSR count). The van der Waals surface area contributed by atoms with Gasteiger partial charge in [0.2, 0.25) is 0 Å². The maximum Gasteiger partial charge on any atom is 0.338 e. The summed E-state index contributed by atoms with van der Waals surface area (Å²) in [6.45, 7) is 9.51. The highest BCUT2D eigenvalue weighted by molar-refractivity contribution is 5.90. The minimum absolute atomic E-state index is 0.0911. The van der Waals surface area contributed by atoms with E-state index in [0.717, 1.165) is 16.7 Å². The molecule has 51 heavy (non-hydrogen) atoms. The van der Waals surface area contributed by atoms with Crippen LogP contribution in [0.25, 0.3) is 0 Å². The van der Waals surface area contributed by atoms with Gasteiger partial charge in [0.15, 0.2) is 5.79 Å². The Kier molecular flexibility index (Phi) is 10.3. The first-order valence-corrected chi connectivity index (χ1v) is 17.3. The van der Waals surface area contributed by atoms with E-state index in [9.17, 15) is 14.4 Å². The summed E-state index contributed by atoms with van der Waals surface area (Å²) in [5.74, 6) is -2.01. The van der Waals surface area contributed by atoms with Crippen LogP contribution in [-0.4, -0.2) is 57.5 Å². The first kappa shape index (κ1) is 35.8. The molecule has 2 fully saturated rings. The molecular weight excluding hydrogens is 645 g/mol. The number of hydrogen-bond donors (Lipinski definition) is 0. The van der Waals surface area contributed by atoms with Crippen LogP contribution in [0, 0.1) is 17.1 Å². The van der Waals surface area contributed by atoms with Crippen LogP contribution in [0.15, 0.2) is 103 Å². The van der Waals surface area contributed by atoms with E-state index >= 15 is 4.79 Å². The van der Waals surface area contributed by atoms with Gasteiger partial charge >= 0.3 is 12.0 Å². The second-order valence-corrected chi connectivity index (χ2v) is 14.7. The number of urea groups is 1. The zero-order valence-electron chi connectivity index (χ0n) is 29.7. The molecule has 0 N–H and O–H groups in total. The van der Waals surface area contributed by atoms with Crippen molar-refractivity contribution >= 4 is 12.0 Å². The molecule has 0 unspecified atom stereocenters. The van der Waals surface area contributed by atoms with E-state index in [-0.39, 0.29) is 24.7 Å². The van der Waals surface area contributed by atoms with E-state index in [1.54, 1.807) is 29.2 Å². The van der Waals surface area contributed by atoms with Crippen molar-refractivity contribution in [2.24, 2.45) is 0 Å². The van der Waals surface area contributed by atoms with Crippen LogP contribution < -0.4 is 0 Å². The van der Waals surface area contributed by atoms with E-state index in [0.29, 0.717) is 24.0 Å². The van der Waals surface area contributed by atoms with E-state index in [4.69, 9.17) is 14.2 Å². The number of hydrogen-bond acceptors (Lipinski definition) is 6. The normalized spacial score (nSPS) is 21.5. The third kappa shape index (κ3) is 8.47. The number of carbonyl (C=O) groups excluding carboxylic acids is 2. The van der Waals surface area contributed by atoms with Crippen molar-refractivity contribution in [1.29, 1.82) is 5.26 Å². The number of carbonyl (C=O) groups is 2. The zero-order valence-corrected chi connectivity index (χ0v) is 29.7. The molecule has 0 aliphatic carbocycles. The van der Waals surface area contributed by atoms with Crippen LogP contribution >= 0.6 is 0 Å². The quantitative estimate of drug-likeness (QED) is 0.166. The molecule has 0 saturated carbocycles. The average Bonchev–Trinajstić information content (AvgIpc) is 3.40. The van der Waals surface area contributed by atoms with E-state index in [1.807, 2.05) is 112 Å². The Morgan fingerprint density at radius 1 is 0.784 bits per heavy atom. The Bertz CT molecular complexity index is 1900. The van der Waals surface area contributed by atoms with Crippen molar-refractivity contribution in [3.8, 4) is 6.07 Å². The summed E-state index contributed by atoms with van der Waals surface area (Å²) in [6.07, 6.45) is -0.105. The maximum absolute atomic E-state index is 15.3. The molecule has 264 valence electrons. The molecule has 2 amide bonds. The summed E-state index contributed by atoms with van der Waals surface area (Å²) in [5.41, 5.74) is 3.03. The molecule has 4 atom stereocenters. The monoisotopic (exact) mass is 689 g/mol. The molecular formula is C42H44FN3O5. The molecule has 0 bridgehead atoms. The summed E-state index contributed by atoms with van der Waals surface area (Å²) in [5, 5.41) is 9.63. The molecule has 9 heteroatoms. The van der Waals surface area contributed by atoms with E-state index < -0.39 is 47.5 Å². The summed E-state index contributed by atoms with van der Waals surface area (Å²) in [7, 11) is 0. The summed E-state index contributed by atoms with van der Waals surface area (Å²) >= 11 is 0. The predicted octanol–water partition coefficient (Wildman–Crippen LogP) is 7.83. The fraction of sp³-hybridized carbons (Fsp3) is 0.357. The molecule has 2 aliphatic heterocycles. The SMILES string of the molecule is CC(C)(C)OC(=O)c1cccc(CN2C(=O)N(Cc3ccc(F)c(C#N)c3)[C@H](Cc3ccccc3)[C@@H]3OC(C)(C)O[C@H]3[C@H]2Cc2ccccc2)c1. The van der Waals surface area contributed by atoms with Gasteiger partial charge in [0.05, 0.1) is 23.2 Å². The molecule has 0 spiro atoms. The number of fused-ring (bicyclic) bond motifs is 1. The number of amides is 2. The van der Waals surface area contributed by atoms with Gasteiger partial charge in [-0.25, -0.2) is 14.0 Å². The van der Waals surface area contributed by atoms with Gasteiger partial charge in [-0.2, -0.15) is 5.26 Å². The number of ether oxygens (including phenoxy) is 3. The second kappa shape index (κ2) is 14.7. The van der Waals surface area contributed by atoms with Crippen molar-refractivity contribution in [2.75, 3.05) is 0 Å². The van der Waals surface area contributed by atoms with Gasteiger partial charge < -0.3 is 24.0 Å². The molecule has 2 heterocycles. The zero-order chi connectivity index (χ0) is 36.3. The Balaban J connectivity index is 1.48. The van der Waals surface area contributed by atoms with Crippen molar-refractivity contribution in [3.63, 3.8) is 0 Å². The van der Waals surface area contributed by atoms with Gasteiger partial charge in [-0.15, -0.1) is 0 Å². The van der Waals surface area contributed by atoms with Gasteiger partial charge in [-0.1, -0.05) is 78.9 Å². The van der Waals surface area contributed by atoms with Gasteiger partial charge in [0, 0.05) is 13.1 Å². The highest BCUT2D eigenvalue weighted by Crippen LogP contribution is 2.40. The molecule has 0 aromatic heterocycles. The van der Waals surface area contributed by atoms with Gasteiger partial charge in [-0.05, 0) is 94.0 Å². The lowest BCUT2D eigenvalue weighted by atomic mass is 9.91. The molecule has 0 radical (unpaired) electrons. The summed E-state index contributed by atoms with van der Waals surface area (Å²) < 4.78 is 33.6. The minimum atomic E-state index is -0.947. The third-order valence-corrected chi connectivity index (χ3v) is 9.21. The lowest BCUT2D eigenvalue weighted by Gasteiger charge is -2.37. The first-order chi connectivity index (χ1) is 24.3. The largest absolute Gasteiger partial charge is 0.456 e. The highest BCUT2D eigenvalue weighted by atomic mass is 19.1. The maximum atomic E-state index is 15.3. The second-order valence-electron chi connectivity index (χ2n) is 14.7. The van der Waals surface area contributed by atoms with Crippen LogP contribution in [0.2, 0.25) is 0 Å². The average molecular weight is 690 g/mol. The Hall–Kier alpha value is -5.04. The molecule has 4 aromatic rings.